The molecule has 0 aliphatic carbocycles. The molecule has 42 heavy (non-hydrogen) atoms. The van der Waals surface area contributed by atoms with Crippen LogP contribution in [0.4, 0.5) is 17.1 Å². The Kier molecular flexibility index (Phi) is 10.8. The standard InChI is InChI=1S/C30H33N5O6S/c1-4-26(21-9-6-5-7-10-21)27(37)17-19(2)29(38)32-23-11-8-12-24(18-23)33-30(39)28(20(3)36)35-34-22-13-15-25(16-14-22)42(31,40)41/h5-16,18-19,26,34H,4,17H2,1-3H3,(H,32,38)(H,33,39)(H2,31,40,41)/b35-28-. The zero-order valence-corrected chi connectivity index (χ0v) is 24.3. The molecule has 2 unspecified atom stereocenters. The summed E-state index contributed by atoms with van der Waals surface area (Å²) in [5.41, 5.74) is 4.04. The summed E-state index contributed by atoms with van der Waals surface area (Å²) in [6.07, 6.45) is 0.705. The number of primary sulfonamides is 1. The van der Waals surface area contributed by atoms with Crippen LogP contribution in [0, 0.1) is 5.92 Å². The lowest BCUT2D eigenvalue weighted by molar-refractivity contribution is -0.126. The van der Waals surface area contributed by atoms with E-state index in [1.165, 1.54) is 37.3 Å². The summed E-state index contributed by atoms with van der Waals surface area (Å²) in [7, 11) is -3.87. The number of nitrogens with zero attached hydrogens (tertiary/aromatic N) is 1. The molecule has 0 aromatic heterocycles. The average Bonchev–Trinajstić information content (AvgIpc) is 2.94. The zero-order valence-electron chi connectivity index (χ0n) is 23.5. The Morgan fingerprint density at radius 1 is 0.857 bits per heavy atom. The number of carbonyl (C=O) groups excluding carboxylic acids is 4. The summed E-state index contributed by atoms with van der Waals surface area (Å²) in [6, 6.07) is 21.1. The molecule has 0 saturated carbocycles. The lowest BCUT2D eigenvalue weighted by Gasteiger charge is -2.17. The predicted octanol–water partition coefficient (Wildman–Crippen LogP) is 4.06. The van der Waals surface area contributed by atoms with Crippen LogP contribution >= 0.6 is 0 Å². The fourth-order valence-electron chi connectivity index (χ4n) is 4.13. The minimum Gasteiger partial charge on any atom is -0.326 e. The van der Waals surface area contributed by atoms with Gasteiger partial charge in [-0.3, -0.25) is 24.6 Å². The van der Waals surface area contributed by atoms with Crippen molar-refractivity contribution in [3.8, 4) is 0 Å². The molecule has 5 N–H and O–H groups in total. The highest BCUT2D eigenvalue weighted by Gasteiger charge is 2.24. The molecule has 0 fully saturated rings. The summed E-state index contributed by atoms with van der Waals surface area (Å²) >= 11 is 0. The van der Waals surface area contributed by atoms with Crippen LogP contribution in [-0.4, -0.2) is 37.5 Å². The fraction of sp³-hybridized carbons (Fsp3) is 0.233. The van der Waals surface area contributed by atoms with Crippen molar-refractivity contribution in [1.82, 2.24) is 0 Å². The van der Waals surface area contributed by atoms with Gasteiger partial charge in [0.05, 0.1) is 10.6 Å². The first-order chi connectivity index (χ1) is 19.9. The molecular weight excluding hydrogens is 558 g/mol. The van der Waals surface area contributed by atoms with Crippen LogP contribution in [0.5, 0.6) is 0 Å². The molecule has 3 rings (SSSR count). The van der Waals surface area contributed by atoms with Crippen molar-refractivity contribution in [2.75, 3.05) is 16.1 Å². The molecular formula is C30H33N5O6S. The average molecular weight is 592 g/mol. The van der Waals surface area contributed by atoms with Gasteiger partial charge in [0.25, 0.3) is 5.91 Å². The van der Waals surface area contributed by atoms with Crippen molar-refractivity contribution < 1.29 is 27.6 Å². The number of hydrogen-bond donors (Lipinski definition) is 4. The zero-order chi connectivity index (χ0) is 30.9. The van der Waals surface area contributed by atoms with E-state index in [-0.39, 0.29) is 28.9 Å². The highest BCUT2D eigenvalue weighted by molar-refractivity contribution is 7.89. The maximum absolute atomic E-state index is 12.9. The first-order valence-electron chi connectivity index (χ1n) is 13.2. The third-order valence-corrected chi connectivity index (χ3v) is 7.30. The number of carbonyl (C=O) groups is 4. The Morgan fingerprint density at radius 2 is 1.48 bits per heavy atom. The van der Waals surface area contributed by atoms with E-state index in [9.17, 15) is 27.6 Å². The Bertz CT molecular complexity index is 1590. The van der Waals surface area contributed by atoms with Gasteiger partial charge in [0, 0.05) is 36.6 Å². The number of ketones is 2. The summed E-state index contributed by atoms with van der Waals surface area (Å²) in [6.45, 7) is 4.79. The SMILES string of the molecule is CCC(C(=O)CC(C)C(=O)Nc1cccc(NC(=O)/C(=N\Nc2ccc(S(N)(=O)=O)cc2)C(C)=O)c1)c1ccccc1. The lowest BCUT2D eigenvalue weighted by Crippen LogP contribution is -2.29. The van der Waals surface area contributed by atoms with Crippen molar-refractivity contribution in [2.24, 2.45) is 16.2 Å². The van der Waals surface area contributed by atoms with Gasteiger partial charge in [-0.1, -0.05) is 50.2 Å². The normalized spacial score (nSPS) is 13.0. The van der Waals surface area contributed by atoms with E-state index in [0.717, 1.165) is 5.56 Å². The van der Waals surface area contributed by atoms with Crippen LogP contribution in [0.3, 0.4) is 0 Å². The van der Waals surface area contributed by atoms with Gasteiger partial charge in [-0.05, 0) is 54.4 Å². The van der Waals surface area contributed by atoms with Crippen molar-refractivity contribution in [1.29, 1.82) is 0 Å². The number of hydrazone groups is 1. The van der Waals surface area contributed by atoms with E-state index in [4.69, 9.17) is 5.14 Å². The molecule has 2 amide bonds. The molecule has 0 aliphatic heterocycles. The summed E-state index contributed by atoms with van der Waals surface area (Å²) in [4.78, 5) is 50.6. The molecule has 0 heterocycles. The topological polar surface area (TPSA) is 177 Å². The number of hydrogen-bond acceptors (Lipinski definition) is 8. The number of nitrogens with two attached hydrogens (primary N) is 1. The Labute approximate surface area is 244 Å². The van der Waals surface area contributed by atoms with E-state index >= 15 is 0 Å². The van der Waals surface area contributed by atoms with Gasteiger partial charge in [0.1, 0.15) is 5.78 Å². The van der Waals surface area contributed by atoms with Gasteiger partial charge >= 0.3 is 0 Å². The third kappa shape index (κ3) is 8.91. The minimum absolute atomic E-state index is 0.0163. The van der Waals surface area contributed by atoms with E-state index in [0.29, 0.717) is 23.5 Å². The van der Waals surface area contributed by atoms with Crippen LogP contribution in [-0.2, 0) is 29.2 Å². The number of Topliss-reactive ketones (excluding diaryl/α,β-unsaturated/α-hetero) is 2. The maximum atomic E-state index is 12.9. The van der Waals surface area contributed by atoms with Gasteiger partial charge in [0.15, 0.2) is 11.5 Å². The van der Waals surface area contributed by atoms with Crippen molar-refractivity contribution in [3.05, 3.63) is 84.4 Å². The molecule has 0 aliphatic rings. The molecule has 0 radical (unpaired) electrons. The Morgan fingerprint density at radius 3 is 2.05 bits per heavy atom. The molecule has 3 aromatic rings. The highest BCUT2D eigenvalue weighted by atomic mass is 32.2. The van der Waals surface area contributed by atoms with E-state index in [1.807, 2.05) is 37.3 Å². The van der Waals surface area contributed by atoms with Crippen molar-refractivity contribution >= 4 is 56.2 Å². The fourth-order valence-corrected chi connectivity index (χ4v) is 4.65. The summed E-state index contributed by atoms with van der Waals surface area (Å²) in [5.74, 6) is -2.66. The molecule has 3 aromatic carbocycles. The molecule has 220 valence electrons. The van der Waals surface area contributed by atoms with E-state index in [1.54, 1.807) is 25.1 Å². The van der Waals surface area contributed by atoms with Gasteiger partial charge in [-0.25, -0.2) is 13.6 Å². The molecule has 12 heteroatoms. The van der Waals surface area contributed by atoms with Gasteiger partial charge < -0.3 is 10.6 Å². The van der Waals surface area contributed by atoms with Gasteiger partial charge in [-0.15, -0.1) is 0 Å². The van der Waals surface area contributed by atoms with Gasteiger partial charge in [-0.2, -0.15) is 5.10 Å². The largest absolute Gasteiger partial charge is 0.326 e. The second kappa shape index (κ2) is 14.3. The second-order valence-electron chi connectivity index (χ2n) is 9.66. The number of sulfonamides is 1. The van der Waals surface area contributed by atoms with Crippen LogP contribution in [0.25, 0.3) is 0 Å². The Hall–Kier alpha value is -4.68. The van der Waals surface area contributed by atoms with Crippen molar-refractivity contribution in [2.45, 2.75) is 44.4 Å². The second-order valence-corrected chi connectivity index (χ2v) is 11.2. The summed E-state index contributed by atoms with van der Waals surface area (Å²) in [5, 5.41) is 14.3. The monoisotopic (exact) mass is 591 g/mol. The smallest absolute Gasteiger partial charge is 0.279 e. The number of anilines is 3. The van der Waals surface area contributed by atoms with Crippen LogP contribution < -0.4 is 21.2 Å². The van der Waals surface area contributed by atoms with Crippen LogP contribution in [0.15, 0.2) is 88.9 Å². The first kappa shape index (κ1) is 31.8. The number of amides is 2. The quantitative estimate of drug-likeness (QED) is 0.132. The first-order valence-corrected chi connectivity index (χ1v) is 14.7. The highest BCUT2D eigenvalue weighted by Crippen LogP contribution is 2.24. The maximum Gasteiger partial charge on any atom is 0.279 e. The van der Waals surface area contributed by atoms with Gasteiger partial charge in [0.2, 0.25) is 15.9 Å². The minimum atomic E-state index is -3.87. The third-order valence-electron chi connectivity index (χ3n) is 6.37. The van der Waals surface area contributed by atoms with Crippen LogP contribution in [0.1, 0.15) is 45.1 Å². The predicted molar refractivity (Wildman–Crippen MR) is 162 cm³/mol. The molecule has 0 bridgehead atoms. The van der Waals surface area contributed by atoms with Crippen LogP contribution in [0.2, 0.25) is 0 Å². The number of rotatable bonds is 13. The molecule has 2 atom stereocenters. The summed E-state index contributed by atoms with van der Waals surface area (Å²) < 4.78 is 22.8. The molecule has 0 spiro atoms. The number of benzene rings is 3. The Balaban J connectivity index is 1.63. The lowest BCUT2D eigenvalue weighted by atomic mass is 9.87. The molecule has 11 nitrogen and oxygen atoms in total. The van der Waals surface area contributed by atoms with E-state index in [2.05, 4.69) is 21.2 Å². The van der Waals surface area contributed by atoms with Crippen molar-refractivity contribution in [3.63, 3.8) is 0 Å². The number of nitrogens with one attached hydrogen (secondary N) is 3. The molecule has 0 saturated heterocycles. The van der Waals surface area contributed by atoms with E-state index < -0.39 is 33.3 Å².